The topological polar surface area (TPSA) is 97.1 Å². The summed E-state index contributed by atoms with van der Waals surface area (Å²) in [6.45, 7) is 5.28. The van der Waals surface area contributed by atoms with Gasteiger partial charge in [0.2, 0.25) is 5.78 Å². The first-order valence-corrected chi connectivity index (χ1v) is 12.3. The molecule has 1 aliphatic heterocycles. The van der Waals surface area contributed by atoms with Crippen molar-refractivity contribution in [2.75, 3.05) is 26.3 Å². The third-order valence-corrected chi connectivity index (χ3v) is 6.59. The minimum absolute atomic E-state index is 0.0313. The summed E-state index contributed by atoms with van der Waals surface area (Å²) in [4.78, 5) is 31.5. The number of carbonyl (C=O) groups excluding carboxylic acids is 1. The molecule has 1 fully saturated rings. The molecule has 1 aliphatic rings. The summed E-state index contributed by atoms with van der Waals surface area (Å²) in [7, 11) is 0. The number of nitrogens with zero attached hydrogens (tertiary/aromatic N) is 4. The number of fused-ring (bicyclic) bond motifs is 1. The fourth-order valence-electron chi connectivity index (χ4n) is 4.70. The second kappa shape index (κ2) is 10.9. The molecule has 5 rings (SSSR count). The molecule has 1 N–H and O–H groups in total. The first-order valence-electron chi connectivity index (χ1n) is 12.3. The molecule has 0 spiro atoms. The number of nitrogens with one attached hydrogen (secondary N) is 1. The molecule has 8 nitrogen and oxygen atoms in total. The molecule has 1 saturated heterocycles. The van der Waals surface area contributed by atoms with E-state index in [1.54, 1.807) is 0 Å². The zero-order valence-corrected chi connectivity index (χ0v) is 20.1. The van der Waals surface area contributed by atoms with Crippen LogP contribution in [0, 0.1) is 6.92 Å². The molecule has 4 heterocycles. The van der Waals surface area contributed by atoms with Gasteiger partial charge in [-0.25, -0.2) is 9.97 Å². The molecule has 182 valence electrons. The minimum atomic E-state index is -0.0313. The quantitative estimate of drug-likeness (QED) is 0.252. The number of Topliss-reactive ketones (excluding diaryl/α,β-unsaturated/α-hetero) is 1. The molecular formula is C27H31N5O3. The molecule has 0 radical (unpaired) electrons. The number of ether oxygens (including phenoxy) is 1. The van der Waals surface area contributed by atoms with Crippen LogP contribution in [-0.4, -0.2) is 56.9 Å². The molecule has 35 heavy (non-hydrogen) atoms. The Morgan fingerprint density at radius 1 is 1.11 bits per heavy atom. The second-order valence-electron chi connectivity index (χ2n) is 9.07. The molecule has 8 heteroatoms. The lowest BCUT2D eigenvalue weighted by Crippen LogP contribution is -2.39. The standard InChI is InChI=1S/C27H31N5O3/c1-19-7-8-20-17-21(9-10-22(20)30-19)23-18-29-26(31-23)24(32-12-15-34-16-13-32)5-3-2-4-6-25(33)27-28-11-14-35-27/h7-11,14,17-18,24H,2-6,12-13,15-16H2,1H3,(H,29,31). The second-order valence-corrected chi connectivity index (χ2v) is 9.07. The lowest BCUT2D eigenvalue weighted by Gasteiger charge is -2.33. The van der Waals surface area contributed by atoms with E-state index in [2.05, 4.69) is 44.1 Å². The highest BCUT2D eigenvalue weighted by Crippen LogP contribution is 2.29. The van der Waals surface area contributed by atoms with Gasteiger partial charge in [0.15, 0.2) is 0 Å². The van der Waals surface area contributed by atoms with E-state index in [4.69, 9.17) is 14.1 Å². The summed E-state index contributed by atoms with van der Waals surface area (Å²) in [5, 5.41) is 1.12. The molecule has 1 atom stereocenters. The predicted octanol–water partition coefficient (Wildman–Crippen LogP) is 5.13. The number of imidazole rings is 1. The van der Waals surface area contributed by atoms with Crippen molar-refractivity contribution in [3.05, 3.63) is 66.4 Å². The van der Waals surface area contributed by atoms with E-state index in [9.17, 15) is 4.79 Å². The largest absolute Gasteiger partial charge is 0.442 e. The normalized spacial score (nSPS) is 15.5. The van der Waals surface area contributed by atoms with Crippen LogP contribution in [0.15, 0.2) is 53.4 Å². The van der Waals surface area contributed by atoms with E-state index in [0.29, 0.717) is 6.42 Å². The Balaban J connectivity index is 1.25. The number of carbonyl (C=O) groups is 1. The van der Waals surface area contributed by atoms with Crippen molar-refractivity contribution in [2.24, 2.45) is 0 Å². The van der Waals surface area contributed by atoms with Gasteiger partial charge in [-0.05, 0) is 38.0 Å². The van der Waals surface area contributed by atoms with Crippen LogP contribution < -0.4 is 0 Å². The van der Waals surface area contributed by atoms with Crippen LogP contribution in [0.2, 0.25) is 0 Å². The lowest BCUT2D eigenvalue weighted by molar-refractivity contribution is 0.0119. The first-order chi connectivity index (χ1) is 17.2. The molecule has 1 unspecified atom stereocenters. The maximum atomic E-state index is 12.1. The number of rotatable bonds is 10. The van der Waals surface area contributed by atoms with Gasteiger partial charge in [0.05, 0.1) is 42.9 Å². The number of benzene rings is 1. The summed E-state index contributed by atoms with van der Waals surface area (Å²) < 4.78 is 10.7. The van der Waals surface area contributed by atoms with E-state index in [-0.39, 0.29) is 17.7 Å². The lowest BCUT2D eigenvalue weighted by atomic mass is 10.0. The number of morpholine rings is 1. The van der Waals surface area contributed by atoms with Crippen molar-refractivity contribution in [3.8, 4) is 11.3 Å². The molecule has 0 aliphatic carbocycles. The van der Waals surface area contributed by atoms with Gasteiger partial charge in [0.1, 0.15) is 12.1 Å². The Bertz CT molecular complexity index is 1260. The zero-order chi connectivity index (χ0) is 24.0. The van der Waals surface area contributed by atoms with Crippen LogP contribution in [0.1, 0.15) is 60.3 Å². The zero-order valence-electron chi connectivity index (χ0n) is 20.1. The predicted molar refractivity (Wildman–Crippen MR) is 133 cm³/mol. The van der Waals surface area contributed by atoms with Gasteiger partial charge < -0.3 is 14.1 Å². The summed E-state index contributed by atoms with van der Waals surface area (Å²) >= 11 is 0. The number of pyridine rings is 1. The molecular weight excluding hydrogens is 442 g/mol. The number of H-pyrrole nitrogens is 1. The van der Waals surface area contributed by atoms with Gasteiger partial charge in [0, 0.05) is 36.2 Å². The Kier molecular flexibility index (Phi) is 7.30. The number of aromatic nitrogens is 4. The van der Waals surface area contributed by atoms with Crippen molar-refractivity contribution in [1.82, 2.24) is 24.8 Å². The van der Waals surface area contributed by atoms with E-state index < -0.39 is 0 Å². The van der Waals surface area contributed by atoms with Gasteiger partial charge in [0.25, 0.3) is 5.89 Å². The van der Waals surface area contributed by atoms with Crippen LogP contribution in [0.25, 0.3) is 22.2 Å². The maximum Gasteiger partial charge on any atom is 0.263 e. The van der Waals surface area contributed by atoms with Gasteiger partial charge in [-0.3, -0.25) is 14.7 Å². The van der Waals surface area contributed by atoms with E-state index in [0.717, 1.165) is 85.7 Å². The average molecular weight is 474 g/mol. The monoisotopic (exact) mass is 473 g/mol. The van der Waals surface area contributed by atoms with Crippen LogP contribution >= 0.6 is 0 Å². The van der Waals surface area contributed by atoms with Gasteiger partial charge >= 0.3 is 0 Å². The van der Waals surface area contributed by atoms with Crippen LogP contribution in [0.3, 0.4) is 0 Å². The number of oxazole rings is 1. The fourth-order valence-corrected chi connectivity index (χ4v) is 4.70. The molecule has 1 aromatic carbocycles. The van der Waals surface area contributed by atoms with E-state index in [1.807, 2.05) is 19.2 Å². The fraction of sp³-hybridized carbons (Fsp3) is 0.407. The minimum Gasteiger partial charge on any atom is -0.442 e. The Hall–Kier alpha value is -3.36. The molecule has 0 bridgehead atoms. The van der Waals surface area contributed by atoms with Crippen molar-refractivity contribution < 1.29 is 13.9 Å². The molecule has 3 aromatic heterocycles. The van der Waals surface area contributed by atoms with Gasteiger partial charge in [-0.15, -0.1) is 0 Å². The highest BCUT2D eigenvalue weighted by atomic mass is 16.5. The molecule has 0 amide bonds. The number of hydrogen-bond donors (Lipinski definition) is 1. The van der Waals surface area contributed by atoms with E-state index >= 15 is 0 Å². The summed E-state index contributed by atoms with van der Waals surface area (Å²) in [5.41, 5.74) is 4.13. The highest BCUT2D eigenvalue weighted by Gasteiger charge is 2.25. The average Bonchev–Trinajstić information content (AvgIpc) is 3.59. The summed E-state index contributed by atoms with van der Waals surface area (Å²) in [6, 6.07) is 10.7. The highest BCUT2D eigenvalue weighted by molar-refractivity contribution is 5.91. The van der Waals surface area contributed by atoms with Crippen LogP contribution in [-0.2, 0) is 4.74 Å². The van der Waals surface area contributed by atoms with Gasteiger partial charge in [-0.2, -0.15) is 0 Å². The Morgan fingerprint density at radius 3 is 2.83 bits per heavy atom. The SMILES string of the molecule is Cc1ccc2cc(-c3cnc(C(CCCCCC(=O)c4ncco4)N4CCOCC4)[nH]3)ccc2n1. The third kappa shape index (κ3) is 5.66. The number of hydrogen-bond acceptors (Lipinski definition) is 7. The summed E-state index contributed by atoms with van der Waals surface area (Å²) in [5.74, 6) is 1.16. The maximum absolute atomic E-state index is 12.1. The molecule has 4 aromatic rings. The van der Waals surface area contributed by atoms with Crippen molar-refractivity contribution in [1.29, 1.82) is 0 Å². The van der Waals surface area contributed by atoms with E-state index in [1.165, 1.54) is 12.5 Å². The number of unbranched alkanes of at least 4 members (excludes halogenated alkanes) is 2. The first kappa shape index (κ1) is 23.4. The Morgan fingerprint density at radius 2 is 2.00 bits per heavy atom. The molecule has 0 saturated carbocycles. The van der Waals surface area contributed by atoms with Crippen molar-refractivity contribution in [2.45, 2.75) is 45.1 Å². The van der Waals surface area contributed by atoms with Crippen LogP contribution in [0.5, 0.6) is 0 Å². The van der Waals surface area contributed by atoms with Gasteiger partial charge in [-0.1, -0.05) is 25.0 Å². The van der Waals surface area contributed by atoms with Crippen molar-refractivity contribution >= 4 is 16.7 Å². The smallest absolute Gasteiger partial charge is 0.263 e. The van der Waals surface area contributed by atoms with Crippen LogP contribution in [0.4, 0.5) is 0 Å². The summed E-state index contributed by atoms with van der Waals surface area (Å²) in [6.07, 6.45) is 9.12. The number of ketones is 1. The number of aryl methyl sites for hydroxylation is 1. The number of aromatic amines is 1. The third-order valence-electron chi connectivity index (χ3n) is 6.59. The Labute approximate surface area is 204 Å². The van der Waals surface area contributed by atoms with Crippen molar-refractivity contribution in [3.63, 3.8) is 0 Å².